The van der Waals surface area contributed by atoms with Crippen molar-refractivity contribution in [2.24, 2.45) is 5.73 Å². The van der Waals surface area contributed by atoms with E-state index in [2.05, 4.69) is 59.4 Å². The minimum Gasteiger partial charge on any atom is -0.384 e. The van der Waals surface area contributed by atoms with E-state index >= 15 is 0 Å². The second-order valence-corrected chi connectivity index (χ2v) is 6.66. The van der Waals surface area contributed by atoms with Crippen molar-refractivity contribution in [1.29, 1.82) is 5.41 Å². The molecule has 0 aliphatic heterocycles. The number of hydrogen-bond acceptors (Lipinski definition) is 2. The van der Waals surface area contributed by atoms with Gasteiger partial charge in [0, 0.05) is 16.9 Å². The van der Waals surface area contributed by atoms with Gasteiger partial charge >= 0.3 is 0 Å². The summed E-state index contributed by atoms with van der Waals surface area (Å²) in [5, 5.41) is 8.10. The van der Waals surface area contributed by atoms with Crippen molar-refractivity contribution in [2.45, 2.75) is 18.3 Å². The fourth-order valence-electron chi connectivity index (χ4n) is 3.83. The Hall–Kier alpha value is -3.14. The highest BCUT2D eigenvalue weighted by Gasteiger charge is 2.39. The number of fused-ring (bicyclic) bond motifs is 1. The van der Waals surface area contributed by atoms with Gasteiger partial charge in [-0.05, 0) is 23.3 Å². The fraction of sp³-hybridized carbons (Fsp3) is 0.143. The zero-order valence-electron chi connectivity index (χ0n) is 14.0. The minimum atomic E-state index is -0.287. The van der Waals surface area contributed by atoms with E-state index in [0.717, 1.165) is 22.2 Å². The quantitative estimate of drug-likeness (QED) is 0.501. The van der Waals surface area contributed by atoms with Crippen molar-refractivity contribution in [3.8, 4) is 0 Å². The lowest BCUT2D eigenvalue weighted by atomic mass is 9.63. The van der Waals surface area contributed by atoms with Crippen molar-refractivity contribution in [3.05, 3.63) is 89.8 Å². The van der Waals surface area contributed by atoms with Gasteiger partial charge < -0.3 is 10.7 Å². The monoisotopic (exact) mass is 328 g/mol. The maximum atomic E-state index is 8.10. The van der Waals surface area contributed by atoms with Crippen LogP contribution in [0.3, 0.4) is 0 Å². The van der Waals surface area contributed by atoms with Gasteiger partial charge in [0.25, 0.3) is 0 Å². The van der Waals surface area contributed by atoms with Crippen LogP contribution in [0.1, 0.15) is 24.0 Å². The molecule has 2 unspecified atom stereocenters. The van der Waals surface area contributed by atoms with Gasteiger partial charge in [0.2, 0.25) is 0 Å². The van der Waals surface area contributed by atoms with E-state index < -0.39 is 0 Å². The molecule has 0 saturated heterocycles. The third kappa shape index (κ3) is 2.47. The van der Waals surface area contributed by atoms with Crippen molar-refractivity contribution in [1.82, 2.24) is 9.97 Å². The van der Waals surface area contributed by atoms with Crippen molar-refractivity contribution < 1.29 is 0 Å². The van der Waals surface area contributed by atoms with Gasteiger partial charge in [-0.25, -0.2) is 4.98 Å². The molecule has 25 heavy (non-hydrogen) atoms. The van der Waals surface area contributed by atoms with Crippen LogP contribution in [-0.2, 0) is 5.41 Å². The molecule has 1 aromatic heterocycles. The number of hydrogen-bond donors (Lipinski definition) is 3. The predicted molar refractivity (Wildman–Crippen MR) is 102 cm³/mol. The Morgan fingerprint density at radius 1 is 1.20 bits per heavy atom. The summed E-state index contributed by atoms with van der Waals surface area (Å²) >= 11 is 0. The number of nitrogens with one attached hydrogen (secondary N) is 2. The summed E-state index contributed by atoms with van der Waals surface area (Å²) in [6, 6.07) is 16.6. The van der Waals surface area contributed by atoms with E-state index in [1.165, 1.54) is 5.56 Å². The summed E-state index contributed by atoms with van der Waals surface area (Å²) in [6.07, 6.45) is 7.87. The first-order valence-electron chi connectivity index (χ1n) is 8.32. The van der Waals surface area contributed by atoms with Crippen LogP contribution >= 0.6 is 0 Å². The van der Waals surface area contributed by atoms with Gasteiger partial charge in [-0.2, -0.15) is 0 Å². The van der Waals surface area contributed by atoms with Gasteiger partial charge in [-0.3, -0.25) is 5.41 Å². The lowest BCUT2D eigenvalue weighted by Gasteiger charge is -2.39. The van der Waals surface area contributed by atoms with E-state index in [-0.39, 0.29) is 17.2 Å². The number of nitrogens with zero attached hydrogens (tertiary/aromatic N) is 1. The summed E-state index contributed by atoms with van der Waals surface area (Å²) in [4.78, 5) is 7.48. The second kappa shape index (κ2) is 5.74. The van der Waals surface area contributed by atoms with E-state index in [0.29, 0.717) is 0 Å². The molecule has 4 heteroatoms. The van der Waals surface area contributed by atoms with Gasteiger partial charge in [0.05, 0.1) is 17.4 Å². The average molecular weight is 328 g/mol. The van der Waals surface area contributed by atoms with E-state index in [4.69, 9.17) is 11.1 Å². The largest absolute Gasteiger partial charge is 0.384 e. The average Bonchev–Trinajstić information content (AvgIpc) is 3.10. The predicted octanol–water partition coefficient (Wildman–Crippen LogP) is 4.04. The Morgan fingerprint density at radius 2 is 2.00 bits per heavy atom. The Morgan fingerprint density at radius 3 is 2.76 bits per heavy atom. The number of nitrogens with two attached hydrogens (primary N) is 1. The maximum Gasteiger partial charge on any atom is 0.119 e. The smallest absolute Gasteiger partial charge is 0.119 e. The molecule has 0 amide bonds. The van der Waals surface area contributed by atoms with Gasteiger partial charge in [-0.1, -0.05) is 61.5 Å². The molecule has 2 aromatic carbocycles. The molecule has 4 nitrogen and oxygen atoms in total. The first-order valence-corrected chi connectivity index (χ1v) is 8.32. The van der Waals surface area contributed by atoms with E-state index in [9.17, 15) is 0 Å². The van der Waals surface area contributed by atoms with Gasteiger partial charge in [0.1, 0.15) is 5.84 Å². The number of rotatable bonds is 3. The topological polar surface area (TPSA) is 78.6 Å². The van der Waals surface area contributed by atoms with Crippen LogP contribution in [0.2, 0.25) is 0 Å². The molecular formula is C21H20N4. The number of allylic oxidation sites excluding steroid dienone is 3. The third-order valence-electron chi connectivity index (χ3n) is 5.11. The fourth-order valence-corrected chi connectivity index (χ4v) is 3.83. The summed E-state index contributed by atoms with van der Waals surface area (Å²) in [7, 11) is 0. The molecule has 1 heterocycles. The summed E-state index contributed by atoms with van der Waals surface area (Å²) in [5.41, 5.74) is 10.7. The van der Waals surface area contributed by atoms with Gasteiger partial charge in [0.15, 0.2) is 0 Å². The number of aromatic nitrogens is 2. The van der Waals surface area contributed by atoms with Crippen LogP contribution in [0.5, 0.6) is 0 Å². The third-order valence-corrected chi connectivity index (χ3v) is 5.11. The van der Waals surface area contributed by atoms with Gasteiger partial charge in [-0.15, -0.1) is 0 Å². The van der Waals surface area contributed by atoms with Crippen LogP contribution in [0.4, 0.5) is 0 Å². The summed E-state index contributed by atoms with van der Waals surface area (Å²) in [5.74, 6) is 0.0753. The molecule has 3 aromatic rings. The molecule has 0 radical (unpaired) electrons. The number of imidazole rings is 1. The SMILES string of the molecule is CC1(c2ccccc2)C=CC=C(C(=N)N)C1c1ccc2nc[nH]c2c1. The molecule has 124 valence electrons. The number of aromatic amines is 1. The van der Waals surface area contributed by atoms with Crippen LogP contribution in [0.15, 0.2) is 78.7 Å². The molecule has 0 fully saturated rings. The second-order valence-electron chi connectivity index (χ2n) is 6.66. The van der Waals surface area contributed by atoms with Crippen LogP contribution in [0, 0.1) is 5.41 Å². The first kappa shape index (κ1) is 15.4. The zero-order chi connectivity index (χ0) is 17.4. The van der Waals surface area contributed by atoms with E-state index in [1.54, 1.807) is 6.33 Å². The molecule has 0 saturated carbocycles. The molecule has 0 bridgehead atoms. The maximum absolute atomic E-state index is 8.10. The van der Waals surface area contributed by atoms with Crippen molar-refractivity contribution >= 4 is 16.9 Å². The summed E-state index contributed by atoms with van der Waals surface area (Å²) in [6.45, 7) is 2.20. The highest BCUT2D eigenvalue weighted by Crippen LogP contribution is 2.47. The van der Waals surface area contributed by atoms with Crippen LogP contribution < -0.4 is 5.73 Å². The summed E-state index contributed by atoms with van der Waals surface area (Å²) < 4.78 is 0. The highest BCUT2D eigenvalue weighted by atomic mass is 14.9. The normalized spacial score (nSPS) is 22.8. The van der Waals surface area contributed by atoms with Crippen LogP contribution in [0.25, 0.3) is 11.0 Å². The molecule has 1 aliphatic carbocycles. The molecular weight excluding hydrogens is 308 g/mol. The Bertz CT molecular complexity index is 997. The Labute approximate surface area is 146 Å². The molecule has 1 aliphatic rings. The first-order chi connectivity index (χ1) is 12.1. The number of benzene rings is 2. The van der Waals surface area contributed by atoms with E-state index in [1.807, 2.05) is 24.3 Å². The Balaban J connectivity index is 1.93. The standard InChI is InChI=1S/C21H20N4/c1-21(15-6-3-2-4-7-15)11-5-8-16(20(22)23)19(21)14-9-10-17-18(12-14)25-13-24-17/h2-13,19H,1H3,(H3,22,23)(H,24,25). The lowest BCUT2D eigenvalue weighted by molar-refractivity contribution is 0.514. The highest BCUT2D eigenvalue weighted by molar-refractivity contribution is 5.97. The lowest BCUT2D eigenvalue weighted by Crippen LogP contribution is -2.35. The van der Waals surface area contributed by atoms with Crippen molar-refractivity contribution in [2.75, 3.05) is 0 Å². The zero-order valence-corrected chi connectivity index (χ0v) is 14.0. The Kier molecular flexibility index (Phi) is 3.53. The number of amidine groups is 1. The van der Waals surface area contributed by atoms with Crippen molar-refractivity contribution in [3.63, 3.8) is 0 Å². The molecule has 0 spiro atoms. The molecule has 4 rings (SSSR count). The number of H-pyrrole nitrogens is 1. The van der Waals surface area contributed by atoms with Crippen LogP contribution in [-0.4, -0.2) is 15.8 Å². The molecule has 4 N–H and O–H groups in total. The molecule has 2 atom stereocenters. The minimum absolute atomic E-state index is 0.0369.